The maximum atomic E-state index is 12.8. The average Bonchev–Trinajstić information content (AvgIpc) is 3.25. The summed E-state index contributed by atoms with van der Waals surface area (Å²) in [6, 6.07) is 11.4. The van der Waals surface area contributed by atoms with Crippen molar-refractivity contribution in [1.29, 1.82) is 0 Å². The Bertz CT molecular complexity index is 1110. The highest BCUT2D eigenvalue weighted by molar-refractivity contribution is 7.20. The summed E-state index contributed by atoms with van der Waals surface area (Å²) in [6.07, 6.45) is 1.60. The van der Waals surface area contributed by atoms with Crippen LogP contribution in [0.5, 0.6) is 0 Å². The van der Waals surface area contributed by atoms with Crippen LogP contribution < -0.4 is 5.32 Å². The van der Waals surface area contributed by atoms with E-state index >= 15 is 0 Å². The van der Waals surface area contributed by atoms with E-state index in [-0.39, 0.29) is 5.91 Å². The number of aromatic nitrogens is 2. The van der Waals surface area contributed by atoms with Crippen LogP contribution >= 0.6 is 11.3 Å². The summed E-state index contributed by atoms with van der Waals surface area (Å²) in [5.74, 6) is 1.03. The Labute approximate surface area is 154 Å². The van der Waals surface area contributed by atoms with Crippen molar-refractivity contribution in [3.8, 4) is 11.6 Å². The number of carbonyl (C=O) groups is 1. The molecule has 0 fully saturated rings. The molecule has 6 heteroatoms. The number of aryl methyl sites for hydroxylation is 3. The molecular formula is C20H17N3O2S. The van der Waals surface area contributed by atoms with Gasteiger partial charge in [0.25, 0.3) is 5.91 Å². The van der Waals surface area contributed by atoms with Gasteiger partial charge in [-0.2, -0.15) is 0 Å². The SMILES string of the molecule is Cc1ccccc1NC(=O)c1sc2nc(-c3ccco3)nc(C)c2c1C. The number of nitrogens with zero attached hydrogens (tertiary/aromatic N) is 2. The lowest BCUT2D eigenvalue weighted by Crippen LogP contribution is -2.12. The highest BCUT2D eigenvalue weighted by Gasteiger charge is 2.20. The van der Waals surface area contributed by atoms with Gasteiger partial charge in [0.15, 0.2) is 11.6 Å². The van der Waals surface area contributed by atoms with Crippen molar-refractivity contribution in [3.05, 3.63) is 64.4 Å². The summed E-state index contributed by atoms with van der Waals surface area (Å²) >= 11 is 1.38. The second-order valence-electron chi connectivity index (χ2n) is 6.12. The van der Waals surface area contributed by atoms with E-state index in [1.54, 1.807) is 12.3 Å². The van der Waals surface area contributed by atoms with Gasteiger partial charge in [-0.3, -0.25) is 4.79 Å². The lowest BCUT2D eigenvalue weighted by Gasteiger charge is -2.07. The predicted molar refractivity (Wildman–Crippen MR) is 104 cm³/mol. The van der Waals surface area contributed by atoms with Gasteiger partial charge < -0.3 is 9.73 Å². The lowest BCUT2D eigenvalue weighted by molar-refractivity contribution is 0.103. The summed E-state index contributed by atoms with van der Waals surface area (Å²) in [6.45, 7) is 5.84. The third-order valence-corrected chi connectivity index (χ3v) is 5.50. The molecule has 0 aliphatic carbocycles. The van der Waals surface area contributed by atoms with Gasteiger partial charge in [-0.25, -0.2) is 9.97 Å². The van der Waals surface area contributed by atoms with Crippen LogP contribution in [0.3, 0.4) is 0 Å². The van der Waals surface area contributed by atoms with Crippen molar-refractivity contribution < 1.29 is 9.21 Å². The molecule has 0 bridgehead atoms. The molecule has 0 saturated heterocycles. The molecule has 1 aromatic carbocycles. The fourth-order valence-corrected chi connectivity index (χ4v) is 4.09. The van der Waals surface area contributed by atoms with Crippen molar-refractivity contribution in [2.75, 3.05) is 5.32 Å². The molecule has 4 rings (SSSR count). The number of hydrogen-bond acceptors (Lipinski definition) is 5. The first-order valence-electron chi connectivity index (χ1n) is 8.23. The zero-order chi connectivity index (χ0) is 18.3. The Morgan fingerprint density at radius 3 is 2.62 bits per heavy atom. The minimum Gasteiger partial charge on any atom is -0.461 e. The van der Waals surface area contributed by atoms with Crippen LogP contribution in [-0.4, -0.2) is 15.9 Å². The molecule has 0 atom stereocenters. The third-order valence-electron chi connectivity index (χ3n) is 4.31. The molecule has 0 spiro atoms. The molecule has 5 nitrogen and oxygen atoms in total. The molecule has 1 amide bonds. The van der Waals surface area contributed by atoms with Gasteiger partial charge in [-0.15, -0.1) is 11.3 Å². The number of benzene rings is 1. The molecule has 3 heterocycles. The number of nitrogens with one attached hydrogen (secondary N) is 1. The highest BCUT2D eigenvalue weighted by atomic mass is 32.1. The van der Waals surface area contributed by atoms with Crippen LogP contribution in [0, 0.1) is 20.8 Å². The number of furan rings is 1. The zero-order valence-corrected chi connectivity index (χ0v) is 15.5. The number of rotatable bonds is 3. The quantitative estimate of drug-likeness (QED) is 0.548. The van der Waals surface area contributed by atoms with Gasteiger partial charge in [-0.05, 0) is 50.1 Å². The number of carbonyl (C=O) groups excluding carboxylic acids is 1. The largest absolute Gasteiger partial charge is 0.461 e. The highest BCUT2D eigenvalue weighted by Crippen LogP contribution is 2.33. The Hall–Kier alpha value is -2.99. The minimum atomic E-state index is -0.126. The zero-order valence-electron chi connectivity index (χ0n) is 14.7. The number of fused-ring (bicyclic) bond motifs is 1. The Kier molecular flexibility index (Phi) is 4.05. The van der Waals surface area contributed by atoms with Crippen LogP contribution in [0.4, 0.5) is 5.69 Å². The van der Waals surface area contributed by atoms with E-state index in [2.05, 4.69) is 15.3 Å². The summed E-state index contributed by atoms with van der Waals surface area (Å²) < 4.78 is 5.40. The van der Waals surface area contributed by atoms with Crippen molar-refractivity contribution in [2.24, 2.45) is 0 Å². The van der Waals surface area contributed by atoms with Gasteiger partial charge in [0, 0.05) is 11.1 Å². The molecule has 0 unspecified atom stereocenters. The van der Waals surface area contributed by atoms with E-state index in [0.29, 0.717) is 16.5 Å². The molecule has 0 saturated carbocycles. The second kappa shape index (κ2) is 6.38. The van der Waals surface area contributed by atoms with Crippen molar-refractivity contribution in [3.63, 3.8) is 0 Å². The van der Waals surface area contributed by atoms with Crippen molar-refractivity contribution >= 4 is 33.1 Å². The summed E-state index contributed by atoms with van der Waals surface area (Å²) in [7, 11) is 0. The number of hydrogen-bond donors (Lipinski definition) is 1. The van der Waals surface area contributed by atoms with Crippen molar-refractivity contribution in [1.82, 2.24) is 9.97 Å². The first-order chi connectivity index (χ1) is 12.5. The van der Waals surface area contributed by atoms with Crippen LogP contribution in [-0.2, 0) is 0 Å². The maximum Gasteiger partial charge on any atom is 0.266 e. The van der Waals surface area contributed by atoms with Crippen molar-refractivity contribution in [2.45, 2.75) is 20.8 Å². The molecule has 26 heavy (non-hydrogen) atoms. The molecule has 0 radical (unpaired) electrons. The van der Waals surface area contributed by atoms with E-state index < -0.39 is 0 Å². The van der Waals surface area contributed by atoms with Crippen LogP contribution in [0.15, 0.2) is 47.1 Å². The lowest BCUT2D eigenvalue weighted by atomic mass is 10.1. The Morgan fingerprint density at radius 2 is 1.88 bits per heavy atom. The van der Waals surface area contributed by atoms with E-state index in [0.717, 1.165) is 32.7 Å². The molecule has 4 aromatic rings. The van der Waals surface area contributed by atoms with Gasteiger partial charge in [0.1, 0.15) is 4.83 Å². The third kappa shape index (κ3) is 2.78. The summed E-state index contributed by atoms with van der Waals surface area (Å²) in [5, 5.41) is 3.93. The van der Waals surface area contributed by atoms with Crippen LogP contribution in [0.25, 0.3) is 21.8 Å². The molecule has 0 aliphatic rings. The van der Waals surface area contributed by atoms with Gasteiger partial charge in [0.05, 0.1) is 16.8 Å². The topological polar surface area (TPSA) is 68.0 Å². The van der Waals surface area contributed by atoms with Gasteiger partial charge in [0.2, 0.25) is 0 Å². The maximum absolute atomic E-state index is 12.8. The van der Waals surface area contributed by atoms with E-state index in [1.165, 1.54) is 11.3 Å². The molecule has 3 aromatic heterocycles. The fourth-order valence-electron chi connectivity index (χ4n) is 2.96. The first kappa shape index (κ1) is 16.5. The summed E-state index contributed by atoms with van der Waals surface area (Å²) in [5.41, 5.74) is 3.58. The normalized spacial score (nSPS) is 11.0. The molecule has 1 N–H and O–H groups in total. The van der Waals surface area contributed by atoms with E-state index in [1.807, 2.05) is 51.1 Å². The molecule has 0 aliphatic heterocycles. The van der Waals surface area contributed by atoms with Crippen LogP contribution in [0.1, 0.15) is 26.5 Å². The first-order valence-corrected chi connectivity index (χ1v) is 9.05. The number of anilines is 1. The number of thiophene rings is 1. The molecular weight excluding hydrogens is 346 g/mol. The number of amides is 1. The van der Waals surface area contributed by atoms with Crippen LogP contribution in [0.2, 0.25) is 0 Å². The smallest absolute Gasteiger partial charge is 0.266 e. The number of para-hydroxylation sites is 1. The fraction of sp³-hybridized carbons (Fsp3) is 0.150. The standard InChI is InChI=1S/C20H17N3O2S/c1-11-7-4-5-8-14(11)22-19(24)17-12(2)16-13(3)21-18(23-20(16)26-17)15-9-6-10-25-15/h4-10H,1-3H3,(H,22,24). The minimum absolute atomic E-state index is 0.126. The Morgan fingerprint density at radius 1 is 1.08 bits per heavy atom. The molecule has 130 valence electrons. The predicted octanol–water partition coefficient (Wildman–Crippen LogP) is 5.13. The Balaban J connectivity index is 1.76. The second-order valence-corrected chi connectivity index (χ2v) is 7.11. The van der Waals surface area contributed by atoms with Gasteiger partial charge >= 0.3 is 0 Å². The van der Waals surface area contributed by atoms with E-state index in [4.69, 9.17) is 4.42 Å². The monoisotopic (exact) mass is 363 g/mol. The van der Waals surface area contributed by atoms with E-state index in [9.17, 15) is 4.79 Å². The average molecular weight is 363 g/mol. The summed E-state index contributed by atoms with van der Waals surface area (Å²) in [4.78, 5) is 23.4. The van der Waals surface area contributed by atoms with Gasteiger partial charge in [-0.1, -0.05) is 18.2 Å².